The van der Waals surface area contributed by atoms with Crippen LogP contribution in [0, 0.1) is 0 Å². The molecule has 2 aromatic rings. The van der Waals surface area contributed by atoms with Gasteiger partial charge in [-0.3, -0.25) is 4.90 Å². The van der Waals surface area contributed by atoms with Gasteiger partial charge in [0.2, 0.25) is 0 Å². The van der Waals surface area contributed by atoms with Crippen molar-refractivity contribution in [2.75, 3.05) is 34.2 Å². The molecule has 1 heterocycles. The van der Waals surface area contributed by atoms with Crippen LogP contribution in [0.15, 0.2) is 48.5 Å². The smallest absolute Gasteiger partial charge is 0.0834 e. The zero-order chi connectivity index (χ0) is 19.7. The second-order valence-corrected chi connectivity index (χ2v) is 8.86. The molecule has 150 valence electrons. The third kappa shape index (κ3) is 3.50. The Hall–Kier alpha value is -1.72. The van der Waals surface area contributed by atoms with Crippen molar-refractivity contribution in [1.29, 1.82) is 0 Å². The normalized spacial score (nSPS) is 23.5. The first kappa shape index (κ1) is 19.6. The van der Waals surface area contributed by atoms with Crippen molar-refractivity contribution in [3.63, 3.8) is 0 Å². The highest BCUT2D eigenvalue weighted by Gasteiger charge is 2.52. The summed E-state index contributed by atoms with van der Waals surface area (Å²) in [5.74, 6) is 0. The van der Waals surface area contributed by atoms with Gasteiger partial charge < -0.3 is 15.3 Å². The van der Waals surface area contributed by atoms with E-state index in [1.807, 2.05) is 0 Å². The topological polar surface area (TPSA) is 38.7 Å². The molecule has 0 radical (unpaired) electrons. The molecule has 1 aliphatic heterocycles. The summed E-state index contributed by atoms with van der Waals surface area (Å²) in [5.41, 5.74) is 5.20. The van der Waals surface area contributed by atoms with E-state index in [4.69, 9.17) is 0 Å². The summed E-state index contributed by atoms with van der Waals surface area (Å²) in [6.45, 7) is 3.75. The highest BCUT2D eigenvalue weighted by Crippen LogP contribution is 2.51. The van der Waals surface area contributed by atoms with Gasteiger partial charge in [-0.25, -0.2) is 0 Å². The number of aliphatic hydroxyl groups excluding tert-OH is 1. The number of fused-ring (bicyclic) bond motifs is 2. The number of nitrogens with one attached hydrogen (secondary N) is 1. The average Bonchev–Trinajstić information content (AvgIpc) is 2.91. The molecule has 2 aliphatic rings. The Morgan fingerprint density at radius 1 is 0.964 bits per heavy atom. The van der Waals surface area contributed by atoms with E-state index in [-0.39, 0.29) is 17.6 Å². The number of nitrogens with zero attached hydrogens (tertiary/aromatic N) is 2. The lowest BCUT2D eigenvalue weighted by molar-refractivity contribution is 0.00419. The van der Waals surface area contributed by atoms with Gasteiger partial charge in [-0.1, -0.05) is 48.5 Å². The summed E-state index contributed by atoms with van der Waals surface area (Å²) in [5, 5.41) is 15.0. The summed E-state index contributed by atoms with van der Waals surface area (Å²) in [4.78, 5) is 4.54. The van der Waals surface area contributed by atoms with Crippen molar-refractivity contribution in [2.45, 2.75) is 43.5 Å². The maximum atomic E-state index is 11.5. The molecule has 0 saturated carbocycles. The first-order valence-corrected chi connectivity index (χ1v) is 10.4. The van der Waals surface area contributed by atoms with Crippen LogP contribution in [0.3, 0.4) is 0 Å². The van der Waals surface area contributed by atoms with E-state index >= 15 is 0 Å². The third-order valence-electron chi connectivity index (χ3n) is 6.57. The average molecular weight is 380 g/mol. The Labute approximate surface area is 169 Å². The maximum absolute atomic E-state index is 11.5. The quantitative estimate of drug-likeness (QED) is 0.838. The van der Waals surface area contributed by atoms with Gasteiger partial charge in [-0.05, 0) is 69.3 Å². The number of benzene rings is 2. The summed E-state index contributed by atoms with van der Waals surface area (Å²) in [7, 11) is 6.36. The zero-order valence-electron chi connectivity index (χ0n) is 17.4. The standard InChI is InChI=1S/C24H33N3O/c1-26(2)16-18-7-6-8-19(15-18)17-27(3)22-20-9-4-5-10-21(20)24(23(22)28)11-13-25-14-12-24/h4-10,15,22-23,25,28H,11-14,16-17H2,1-3H3/t22-,23+/m1/s1. The van der Waals surface area contributed by atoms with E-state index in [1.54, 1.807) is 0 Å². The number of aliphatic hydroxyl groups is 1. The van der Waals surface area contributed by atoms with Crippen molar-refractivity contribution in [2.24, 2.45) is 0 Å². The molecule has 0 amide bonds. The molecule has 1 fully saturated rings. The van der Waals surface area contributed by atoms with Crippen LogP contribution in [0.4, 0.5) is 0 Å². The SMILES string of the molecule is CN(C)Cc1cccc(CN(C)[C@@H]2c3ccccc3C3(CCNCC3)[C@H]2O)c1. The number of piperidine rings is 1. The van der Waals surface area contributed by atoms with E-state index in [0.29, 0.717) is 0 Å². The van der Waals surface area contributed by atoms with Crippen LogP contribution in [0.25, 0.3) is 0 Å². The van der Waals surface area contributed by atoms with Crippen molar-refractivity contribution < 1.29 is 5.11 Å². The molecule has 1 aliphatic carbocycles. The van der Waals surface area contributed by atoms with Gasteiger partial charge in [0.15, 0.2) is 0 Å². The van der Waals surface area contributed by atoms with Gasteiger partial charge >= 0.3 is 0 Å². The van der Waals surface area contributed by atoms with Crippen LogP contribution in [-0.2, 0) is 18.5 Å². The molecule has 28 heavy (non-hydrogen) atoms. The molecule has 4 rings (SSSR count). The van der Waals surface area contributed by atoms with E-state index in [1.165, 1.54) is 22.3 Å². The van der Waals surface area contributed by atoms with E-state index in [9.17, 15) is 5.11 Å². The second-order valence-electron chi connectivity index (χ2n) is 8.86. The van der Waals surface area contributed by atoms with E-state index in [2.05, 4.69) is 84.8 Å². The Balaban J connectivity index is 1.60. The van der Waals surface area contributed by atoms with Gasteiger partial charge in [0.05, 0.1) is 12.1 Å². The third-order valence-corrected chi connectivity index (χ3v) is 6.57. The largest absolute Gasteiger partial charge is 0.390 e. The fraction of sp³-hybridized carbons (Fsp3) is 0.500. The molecule has 0 unspecified atom stereocenters. The van der Waals surface area contributed by atoms with Crippen molar-refractivity contribution >= 4 is 0 Å². The highest BCUT2D eigenvalue weighted by molar-refractivity contribution is 5.45. The molecule has 2 aromatic carbocycles. The van der Waals surface area contributed by atoms with Crippen molar-refractivity contribution in [1.82, 2.24) is 15.1 Å². The van der Waals surface area contributed by atoms with E-state index < -0.39 is 0 Å². The number of hydrogen-bond donors (Lipinski definition) is 2. The van der Waals surface area contributed by atoms with Gasteiger partial charge in [-0.2, -0.15) is 0 Å². The lowest BCUT2D eigenvalue weighted by Gasteiger charge is -2.40. The summed E-state index contributed by atoms with van der Waals surface area (Å²) in [6.07, 6.45) is 1.66. The molecule has 0 aromatic heterocycles. The number of rotatable bonds is 5. The minimum atomic E-state index is -0.359. The highest BCUT2D eigenvalue weighted by atomic mass is 16.3. The first-order valence-electron chi connectivity index (χ1n) is 10.4. The van der Waals surface area contributed by atoms with Gasteiger partial charge in [0.25, 0.3) is 0 Å². The van der Waals surface area contributed by atoms with Crippen LogP contribution < -0.4 is 5.32 Å². The van der Waals surface area contributed by atoms with Crippen LogP contribution >= 0.6 is 0 Å². The lowest BCUT2D eigenvalue weighted by Crippen LogP contribution is -2.48. The Morgan fingerprint density at radius 2 is 1.64 bits per heavy atom. The summed E-state index contributed by atoms with van der Waals surface area (Å²) >= 11 is 0. The number of hydrogen-bond acceptors (Lipinski definition) is 4. The van der Waals surface area contributed by atoms with Crippen molar-refractivity contribution in [3.05, 3.63) is 70.8 Å². The van der Waals surface area contributed by atoms with Crippen LogP contribution in [0.2, 0.25) is 0 Å². The second kappa shape index (κ2) is 7.96. The zero-order valence-corrected chi connectivity index (χ0v) is 17.4. The predicted octanol–water partition coefficient (Wildman–Crippen LogP) is 2.92. The molecule has 2 N–H and O–H groups in total. The maximum Gasteiger partial charge on any atom is 0.0834 e. The molecule has 1 saturated heterocycles. The fourth-order valence-electron chi connectivity index (χ4n) is 5.33. The summed E-state index contributed by atoms with van der Waals surface area (Å²) < 4.78 is 0. The minimum absolute atomic E-state index is 0.0480. The summed E-state index contributed by atoms with van der Waals surface area (Å²) in [6, 6.07) is 17.6. The van der Waals surface area contributed by atoms with Crippen LogP contribution in [0.5, 0.6) is 0 Å². The predicted molar refractivity (Wildman–Crippen MR) is 114 cm³/mol. The van der Waals surface area contributed by atoms with E-state index in [0.717, 1.165) is 39.0 Å². The van der Waals surface area contributed by atoms with Crippen LogP contribution in [-0.4, -0.2) is 55.2 Å². The number of likely N-dealkylation sites (N-methyl/N-ethyl adjacent to an activating group) is 1. The monoisotopic (exact) mass is 379 g/mol. The van der Waals surface area contributed by atoms with Gasteiger partial charge in [-0.15, -0.1) is 0 Å². The van der Waals surface area contributed by atoms with Gasteiger partial charge in [0.1, 0.15) is 0 Å². The molecule has 4 heteroatoms. The molecule has 1 spiro atoms. The Morgan fingerprint density at radius 3 is 2.36 bits per heavy atom. The van der Waals surface area contributed by atoms with Crippen LogP contribution in [0.1, 0.15) is 41.1 Å². The Kier molecular flexibility index (Phi) is 5.57. The molecular weight excluding hydrogens is 346 g/mol. The van der Waals surface area contributed by atoms with Gasteiger partial charge in [0, 0.05) is 18.5 Å². The lowest BCUT2D eigenvalue weighted by atomic mass is 9.72. The minimum Gasteiger partial charge on any atom is -0.390 e. The molecule has 0 bridgehead atoms. The molecule has 4 nitrogen and oxygen atoms in total. The molecular formula is C24H33N3O. The Bertz CT molecular complexity index is 813. The van der Waals surface area contributed by atoms with Crippen molar-refractivity contribution in [3.8, 4) is 0 Å². The fourth-order valence-corrected chi connectivity index (χ4v) is 5.33. The first-order chi connectivity index (χ1) is 13.5. The molecule has 2 atom stereocenters.